The third kappa shape index (κ3) is 5.70. The minimum absolute atomic E-state index is 0.0464. The molecule has 0 saturated heterocycles. The fourth-order valence-electron chi connectivity index (χ4n) is 2.28. The Labute approximate surface area is 142 Å². The molecule has 0 spiro atoms. The van der Waals surface area contributed by atoms with E-state index in [-0.39, 0.29) is 30.5 Å². The van der Waals surface area contributed by atoms with Crippen LogP contribution in [0.1, 0.15) is 18.9 Å². The van der Waals surface area contributed by atoms with Crippen molar-refractivity contribution < 1.29 is 32.5 Å². The molecule has 4 nitrogen and oxygen atoms in total. The van der Waals surface area contributed by atoms with Gasteiger partial charge in [-0.25, -0.2) is 0 Å². The number of rotatable bonds is 6. The quantitative estimate of drug-likeness (QED) is 0.779. The smallest absolute Gasteiger partial charge is 0.508 e. The molecule has 7 heteroatoms. The van der Waals surface area contributed by atoms with E-state index < -0.39 is 6.36 Å². The van der Waals surface area contributed by atoms with Gasteiger partial charge in [-0.1, -0.05) is 18.2 Å². The summed E-state index contributed by atoms with van der Waals surface area (Å²) in [4.78, 5) is 11.4. The topological polar surface area (TPSA) is 55.8 Å². The number of hydrogen-bond donors (Lipinski definition) is 1. The van der Waals surface area contributed by atoms with Gasteiger partial charge in [0.15, 0.2) is 0 Å². The van der Waals surface area contributed by atoms with Crippen molar-refractivity contribution in [3.8, 4) is 22.6 Å². The average molecular weight is 354 g/mol. The van der Waals surface area contributed by atoms with Gasteiger partial charge in [-0.3, -0.25) is 4.79 Å². The molecule has 0 amide bonds. The van der Waals surface area contributed by atoms with E-state index in [1.165, 1.54) is 30.3 Å². The summed E-state index contributed by atoms with van der Waals surface area (Å²) in [5.74, 6) is -0.622. The molecular weight excluding hydrogens is 337 g/mol. The fraction of sp³-hybridized carbons (Fsp3) is 0.278. The van der Waals surface area contributed by atoms with Crippen LogP contribution in [-0.2, 0) is 16.0 Å². The third-order valence-electron chi connectivity index (χ3n) is 3.40. The Morgan fingerprint density at radius 1 is 1.08 bits per heavy atom. The van der Waals surface area contributed by atoms with E-state index in [1.807, 2.05) is 0 Å². The van der Waals surface area contributed by atoms with Crippen LogP contribution in [0.15, 0.2) is 42.5 Å². The number of carbonyl (C=O) groups excluding carboxylic acids is 1. The van der Waals surface area contributed by atoms with Crippen LogP contribution in [-0.4, -0.2) is 24.0 Å². The van der Waals surface area contributed by atoms with Gasteiger partial charge in [-0.15, -0.1) is 13.2 Å². The molecule has 0 fully saturated rings. The van der Waals surface area contributed by atoms with Crippen LogP contribution >= 0.6 is 0 Å². The molecule has 0 bridgehead atoms. The monoisotopic (exact) mass is 354 g/mol. The summed E-state index contributed by atoms with van der Waals surface area (Å²) in [6.07, 6.45) is -4.31. The van der Waals surface area contributed by atoms with Crippen LogP contribution in [0, 0.1) is 0 Å². The molecule has 0 aliphatic carbocycles. The normalized spacial score (nSPS) is 11.2. The molecule has 1 N–H and O–H groups in total. The second kappa shape index (κ2) is 7.92. The molecular formula is C18H17F3O4. The predicted molar refractivity (Wildman–Crippen MR) is 85.2 cm³/mol. The molecule has 0 saturated carbocycles. The molecule has 2 rings (SSSR count). The lowest BCUT2D eigenvalue weighted by Crippen LogP contribution is -2.16. The van der Waals surface area contributed by atoms with Crippen molar-refractivity contribution in [2.24, 2.45) is 0 Å². The summed E-state index contributed by atoms with van der Waals surface area (Å²) in [5.41, 5.74) is 1.92. The van der Waals surface area contributed by atoms with Crippen molar-refractivity contribution >= 4 is 5.97 Å². The summed E-state index contributed by atoms with van der Waals surface area (Å²) in [7, 11) is 0. The number of phenolic OH excluding ortho intramolecular Hbond substituents is 1. The number of carbonyl (C=O) groups is 1. The average Bonchev–Trinajstić information content (AvgIpc) is 2.54. The molecule has 134 valence electrons. The van der Waals surface area contributed by atoms with E-state index in [0.717, 1.165) is 0 Å². The molecule has 2 aromatic carbocycles. The maximum atomic E-state index is 12.2. The number of ether oxygens (including phenoxy) is 2. The largest absolute Gasteiger partial charge is 0.573 e. The first kappa shape index (κ1) is 18.6. The van der Waals surface area contributed by atoms with E-state index in [4.69, 9.17) is 4.74 Å². The van der Waals surface area contributed by atoms with Gasteiger partial charge in [0.1, 0.15) is 11.5 Å². The maximum Gasteiger partial charge on any atom is 0.573 e. The molecule has 0 aromatic heterocycles. The number of alkyl halides is 3. The number of hydrogen-bond acceptors (Lipinski definition) is 4. The molecule has 0 aliphatic rings. The highest BCUT2D eigenvalue weighted by Crippen LogP contribution is 2.29. The minimum Gasteiger partial charge on any atom is -0.508 e. The van der Waals surface area contributed by atoms with Gasteiger partial charge in [-0.2, -0.15) is 0 Å². The van der Waals surface area contributed by atoms with Crippen LogP contribution in [0.5, 0.6) is 11.5 Å². The third-order valence-corrected chi connectivity index (χ3v) is 3.40. The SMILES string of the molecule is CCOC(=O)CCc1cc(-c2ccc(OC(F)(F)F)cc2)ccc1O. The van der Waals surface area contributed by atoms with Crippen LogP contribution in [0.2, 0.25) is 0 Å². The number of aryl methyl sites for hydroxylation is 1. The van der Waals surface area contributed by atoms with E-state index in [9.17, 15) is 23.1 Å². The Morgan fingerprint density at radius 2 is 1.72 bits per heavy atom. The highest BCUT2D eigenvalue weighted by atomic mass is 19.4. The molecule has 0 radical (unpaired) electrons. The zero-order valence-electron chi connectivity index (χ0n) is 13.5. The summed E-state index contributed by atoms with van der Waals surface area (Å²) in [5, 5.41) is 9.90. The zero-order chi connectivity index (χ0) is 18.4. The molecule has 0 heterocycles. The van der Waals surface area contributed by atoms with Crippen molar-refractivity contribution in [1.82, 2.24) is 0 Å². The van der Waals surface area contributed by atoms with Gasteiger partial charge in [0.25, 0.3) is 0 Å². The number of benzene rings is 2. The van der Waals surface area contributed by atoms with Crippen molar-refractivity contribution in [1.29, 1.82) is 0 Å². The minimum atomic E-state index is -4.74. The number of esters is 1. The molecule has 0 unspecified atom stereocenters. The van der Waals surface area contributed by atoms with E-state index in [0.29, 0.717) is 23.1 Å². The molecule has 2 aromatic rings. The van der Waals surface area contributed by atoms with Crippen LogP contribution < -0.4 is 4.74 Å². The fourth-order valence-corrected chi connectivity index (χ4v) is 2.28. The summed E-state index contributed by atoms with van der Waals surface area (Å²) < 4.78 is 45.2. The van der Waals surface area contributed by atoms with Crippen molar-refractivity contribution in [2.75, 3.05) is 6.61 Å². The lowest BCUT2D eigenvalue weighted by molar-refractivity contribution is -0.274. The first-order chi connectivity index (χ1) is 11.8. The standard InChI is InChI=1S/C18H17F3O4/c1-2-24-17(23)10-6-14-11-13(5-9-16(14)22)12-3-7-15(8-4-12)25-18(19,20)21/h3-5,7-9,11,22H,2,6,10H2,1H3. The summed E-state index contributed by atoms with van der Waals surface area (Å²) in [6.45, 7) is 2.00. The van der Waals surface area contributed by atoms with Gasteiger partial charge in [0.05, 0.1) is 6.61 Å². The number of halogens is 3. The number of aromatic hydroxyl groups is 1. The second-order valence-corrected chi connectivity index (χ2v) is 5.22. The predicted octanol–water partition coefficient (Wildman–Crippen LogP) is 4.45. The first-order valence-corrected chi connectivity index (χ1v) is 7.62. The van der Waals surface area contributed by atoms with Crippen molar-refractivity contribution in [2.45, 2.75) is 26.1 Å². The van der Waals surface area contributed by atoms with E-state index in [1.54, 1.807) is 19.1 Å². The molecule has 0 atom stereocenters. The van der Waals surface area contributed by atoms with Gasteiger partial charge in [0.2, 0.25) is 0 Å². The summed E-state index contributed by atoms with van der Waals surface area (Å²) >= 11 is 0. The second-order valence-electron chi connectivity index (χ2n) is 5.22. The van der Waals surface area contributed by atoms with Crippen molar-refractivity contribution in [3.63, 3.8) is 0 Å². The Bertz CT molecular complexity index is 724. The highest BCUT2D eigenvalue weighted by molar-refractivity contribution is 5.70. The Balaban J connectivity index is 2.14. The summed E-state index contributed by atoms with van der Waals surface area (Å²) in [6, 6.07) is 10.2. The van der Waals surface area contributed by atoms with Gasteiger partial charge >= 0.3 is 12.3 Å². The Kier molecular flexibility index (Phi) is 5.90. The zero-order valence-corrected chi connectivity index (χ0v) is 13.5. The van der Waals surface area contributed by atoms with Gasteiger partial charge < -0.3 is 14.6 Å². The lowest BCUT2D eigenvalue weighted by atomic mass is 10.00. The lowest BCUT2D eigenvalue weighted by Gasteiger charge is -2.11. The molecule has 25 heavy (non-hydrogen) atoms. The first-order valence-electron chi connectivity index (χ1n) is 7.62. The van der Waals surface area contributed by atoms with Gasteiger partial charge in [-0.05, 0) is 54.3 Å². The van der Waals surface area contributed by atoms with E-state index >= 15 is 0 Å². The van der Waals surface area contributed by atoms with Crippen molar-refractivity contribution in [3.05, 3.63) is 48.0 Å². The Hall–Kier alpha value is -2.70. The van der Waals surface area contributed by atoms with Crippen LogP contribution in [0.3, 0.4) is 0 Å². The van der Waals surface area contributed by atoms with Gasteiger partial charge in [0, 0.05) is 6.42 Å². The van der Waals surface area contributed by atoms with E-state index in [2.05, 4.69) is 4.74 Å². The van der Waals surface area contributed by atoms with Crippen LogP contribution in [0.25, 0.3) is 11.1 Å². The highest BCUT2D eigenvalue weighted by Gasteiger charge is 2.30. The molecule has 0 aliphatic heterocycles. The number of phenols is 1. The Morgan fingerprint density at radius 3 is 2.32 bits per heavy atom. The van der Waals surface area contributed by atoms with Crippen LogP contribution in [0.4, 0.5) is 13.2 Å². The maximum absolute atomic E-state index is 12.2.